The fraction of sp³-hybridized carbons (Fsp3) is 0.258. The van der Waals surface area contributed by atoms with Crippen molar-refractivity contribution >= 4 is 35.4 Å². The van der Waals surface area contributed by atoms with Gasteiger partial charge in [-0.1, -0.05) is 72.8 Å². The van der Waals surface area contributed by atoms with E-state index in [-0.39, 0.29) is 0 Å². The van der Waals surface area contributed by atoms with Gasteiger partial charge >= 0.3 is 12.2 Å². The molecule has 0 fully saturated rings. The SMILES string of the molecule is CC(C)OC(=O)NN(C(=O)OC(C)C)[C@H]1C(=C(c2ccccc2)c2ccccc2)C=C[C@@H]1c1sccc1C=O. The molecule has 8 heteroatoms. The van der Waals surface area contributed by atoms with Crippen LogP contribution in [0.15, 0.2) is 89.8 Å². The molecule has 7 nitrogen and oxygen atoms in total. The molecule has 2 atom stereocenters. The number of carbonyl (C=O) groups excluding carboxylic acids is 3. The summed E-state index contributed by atoms with van der Waals surface area (Å²) < 4.78 is 10.9. The topological polar surface area (TPSA) is 84.9 Å². The van der Waals surface area contributed by atoms with E-state index in [1.165, 1.54) is 16.3 Å². The Labute approximate surface area is 232 Å². The van der Waals surface area contributed by atoms with Gasteiger partial charge in [0.05, 0.1) is 18.2 Å². The number of rotatable bonds is 7. The Morgan fingerprint density at radius 2 is 1.49 bits per heavy atom. The summed E-state index contributed by atoms with van der Waals surface area (Å²) in [6.07, 6.45) is 2.40. The zero-order valence-electron chi connectivity index (χ0n) is 22.4. The monoisotopic (exact) mass is 544 g/mol. The number of nitrogens with one attached hydrogen (secondary N) is 1. The summed E-state index contributed by atoms with van der Waals surface area (Å²) in [5.41, 5.74) is 6.75. The Morgan fingerprint density at radius 1 is 0.897 bits per heavy atom. The van der Waals surface area contributed by atoms with Crippen LogP contribution in [0.3, 0.4) is 0 Å². The van der Waals surface area contributed by atoms with Gasteiger partial charge in [-0.15, -0.1) is 11.3 Å². The first-order valence-electron chi connectivity index (χ1n) is 12.8. The van der Waals surface area contributed by atoms with Gasteiger partial charge in [0.15, 0.2) is 6.29 Å². The predicted molar refractivity (Wildman–Crippen MR) is 152 cm³/mol. The van der Waals surface area contributed by atoms with E-state index in [1.54, 1.807) is 33.8 Å². The molecule has 4 rings (SSSR count). The molecule has 1 heterocycles. The maximum absolute atomic E-state index is 13.6. The number of benzene rings is 2. The number of carbonyl (C=O) groups is 3. The van der Waals surface area contributed by atoms with Gasteiger partial charge in [0.1, 0.15) is 0 Å². The fourth-order valence-electron chi connectivity index (χ4n) is 4.60. The van der Waals surface area contributed by atoms with Crippen molar-refractivity contribution in [1.82, 2.24) is 10.4 Å². The molecule has 0 spiro atoms. The molecular weight excluding hydrogens is 512 g/mol. The molecule has 1 aliphatic rings. The molecule has 0 aliphatic heterocycles. The van der Waals surface area contributed by atoms with Crippen LogP contribution in [-0.4, -0.2) is 41.7 Å². The van der Waals surface area contributed by atoms with Crippen LogP contribution in [0.4, 0.5) is 9.59 Å². The van der Waals surface area contributed by atoms with Crippen LogP contribution in [0.5, 0.6) is 0 Å². The standard InChI is InChI=1S/C31H32N2O5S/c1-20(2)37-30(35)32-33(31(36)38-21(3)4)28-25(15-16-26(28)29-24(19-34)17-18-39-29)27(22-11-7-5-8-12-22)23-13-9-6-10-14-23/h5-21,26,28H,1-4H3,(H,32,35)/t26-,28-/m0/s1. The van der Waals surface area contributed by atoms with Crippen molar-refractivity contribution in [2.45, 2.75) is 51.9 Å². The van der Waals surface area contributed by atoms with Gasteiger partial charge in [0.2, 0.25) is 0 Å². The van der Waals surface area contributed by atoms with Gasteiger partial charge in [0, 0.05) is 16.4 Å². The molecule has 0 unspecified atom stereocenters. The van der Waals surface area contributed by atoms with E-state index in [1.807, 2.05) is 78.2 Å². The van der Waals surface area contributed by atoms with E-state index in [9.17, 15) is 14.4 Å². The van der Waals surface area contributed by atoms with Crippen LogP contribution in [0, 0.1) is 0 Å². The predicted octanol–water partition coefficient (Wildman–Crippen LogP) is 6.98. The number of hydrogen-bond donors (Lipinski definition) is 1. The lowest BCUT2D eigenvalue weighted by atomic mass is 9.87. The fourth-order valence-corrected chi connectivity index (χ4v) is 5.58. The highest BCUT2D eigenvalue weighted by Crippen LogP contribution is 2.43. The van der Waals surface area contributed by atoms with Gasteiger partial charge in [-0.2, -0.15) is 0 Å². The van der Waals surface area contributed by atoms with Crippen LogP contribution in [-0.2, 0) is 9.47 Å². The van der Waals surface area contributed by atoms with E-state index < -0.39 is 36.4 Å². The van der Waals surface area contributed by atoms with Crippen LogP contribution in [0.2, 0.25) is 0 Å². The van der Waals surface area contributed by atoms with Gasteiger partial charge in [0.25, 0.3) is 0 Å². The average molecular weight is 545 g/mol. The van der Waals surface area contributed by atoms with Crippen LogP contribution >= 0.6 is 11.3 Å². The second-order valence-corrected chi connectivity index (χ2v) is 10.6. The molecule has 1 N–H and O–H groups in total. The third kappa shape index (κ3) is 6.46. The summed E-state index contributed by atoms with van der Waals surface area (Å²) in [7, 11) is 0. The summed E-state index contributed by atoms with van der Waals surface area (Å²) in [6.45, 7) is 6.94. The highest BCUT2D eigenvalue weighted by molar-refractivity contribution is 7.10. The molecule has 39 heavy (non-hydrogen) atoms. The number of ether oxygens (including phenoxy) is 2. The summed E-state index contributed by atoms with van der Waals surface area (Å²) in [4.78, 5) is 39.2. The average Bonchev–Trinajstić information content (AvgIpc) is 3.55. The lowest BCUT2D eigenvalue weighted by Crippen LogP contribution is -2.54. The van der Waals surface area contributed by atoms with Crippen molar-refractivity contribution < 1.29 is 23.9 Å². The Balaban J connectivity index is 1.96. The number of aldehydes is 1. The number of hydrazine groups is 1. The van der Waals surface area contributed by atoms with Gasteiger partial charge in [-0.3, -0.25) is 4.79 Å². The van der Waals surface area contributed by atoms with Crippen LogP contribution in [0.25, 0.3) is 5.57 Å². The summed E-state index contributed by atoms with van der Waals surface area (Å²) in [6, 6.07) is 20.8. The molecule has 1 aromatic heterocycles. The maximum atomic E-state index is 13.6. The second-order valence-electron chi connectivity index (χ2n) is 9.62. The summed E-state index contributed by atoms with van der Waals surface area (Å²) >= 11 is 1.43. The molecule has 2 aromatic carbocycles. The van der Waals surface area contributed by atoms with Crippen molar-refractivity contribution in [3.8, 4) is 0 Å². The first-order chi connectivity index (χ1) is 18.8. The van der Waals surface area contributed by atoms with E-state index in [0.29, 0.717) is 5.56 Å². The summed E-state index contributed by atoms with van der Waals surface area (Å²) in [5, 5.41) is 3.04. The number of amides is 2. The van der Waals surface area contributed by atoms with Crippen LogP contribution < -0.4 is 5.43 Å². The normalized spacial score (nSPS) is 16.3. The number of thiophene rings is 1. The first-order valence-corrected chi connectivity index (χ1v) is 13.7. The zero-order valence-corrected chi connectivity index (χ0v) is 23.2. The molecule has 202 valence electrons. The minimum absolute atomic E-state index is 0.399. The highest BCUT2D eigenvalue weighted by Gasteiger charge is 2.41. The molecule has 3 aromatic rings. The zero-order chi connectivity index (χ0) is 27.9. The minimum Gasteiger partial charge on any atom is -0.446 e. The highest BCUT2D eigenvalue weighted by atomic mass is 32.1. The smallest absolute Gasteiger partial charge is 0.429 e. The molecule has 1 aliphatic carbocycles. The molecular formula is C31H32N2O5S. The number of hydrogen-bond acceptors (Lipinski definition) is 6. The Hall–Kier alpha value is -4.17. The van der Waals surface area contributed by atoms with E-state index in [0.717, 1.165) is 33.4 Å². The third-order valence-corrected chi connectivity index (χ3v) is 7.11. The lowest BCUT2D eigenvalue weighted by molar-refractivity contribution is 0.0360. The van der Waals surface area contributed by atoms with E-state index in [2.05, 4.69) is 5.43 Å². The van der Waals surface area contributed by atoms with Crippen LogP contribution in [0.1, 0.15) is 60.0 Å². The van der Waals surface area contributed by atoms with E-state index in [4.69, 9.17) is 9.47 Å². The first kappa shape index (κ1) is 27.9. The Morgan fingerprint density at radius 3 is 2.03 bits per heavy atom. The quantitative estimate of drug-likeness (QED) is 0.256. The van der Waals surface area contributed by atoms with Gasteiger partial charge in [-0.25, -0.2) is 20.0 Å². The largest absolute Gasteiger partial charge is 0.446 e. The molecule has 2 amide bonds. The molecule has 0 bridgehead atoms. The summed E-state index contributed by atoms with van der Waals surface area (Å²) in [5.74, 6) is -0.429. The van der Waals surface area contributed by atoms with Crippen molar-refractivity contribution in [1.29, 1.82) is 0 Å². The van der Waals surface area contributed by atoms with Crippen molar-refractivity contribution in [2.24, 2.45) is 0 Å². The van der Waals surface area contributed by atoms with Gasteiger partial charge < -0.3 is 9.47 Å². The Bertz CT molecular complexity index is 1320. The number of nitrogens with zero attached hydrogens (tertiary/aromatic N) is 1. The second kappa shape index (κ2) is 12.6. The molecule has 0 saturated heterocycles. The Kier molecular flexibility index (Phi) is 8.99. The van der Waals surface area contributed by atoms with Crippen molar-refractivity contribution in [2.75, 3.05) is 0 Å². The van der Waals surface area contributed by atoms with Crippen molar-refractivity contribution in [3.05, 3.63) is 111 Å². The third-order valence-electron chi connectivity index (χ3n) is 6.08. The van der Waals surface area contributed by atoms with Gasteiger partial charge in [-0.05, 0) is 61.4 Å². The van der Waals surface area contributed by atoms with E-state index >= 15 is 0 Å². The minimum atomic E-state index is -0.779. The molecule has 0 radical (unpaired) electrons. The maximum Gasteiger partial charge on any atom is 0.429 e. The lowest BCUT2D eigenvalue weighted by Gasteiger charge is -2.34. The van der Waals surface area contributed by atoms with Crippen molar-refractivity contribution in [3.63, 3.8) is 0 Å². The molecule has 0 saturated carbocycles.